The molecule has 0 spiro atoms. The molecule has 4 unspecified atom stereocenters. The molecule has 3 heteroatoms. The van der Waals surface area contributed by atoms with Gasteiger partial charge in [0.25, 0.3) is 0 Å². The highest BCUT2D eigenvalue weighted by Gasteiger charge is 2.66. The van der Waals surface area contributed by atoms with E-state index in [-0.39, 0.29) is 11.0 Å². The number of likely N-dealkylation sites (tertiary alicyclic amines) is 1. The highest BCUT2D eigenvalue weighted by molar-refractivity contribution is 5.21. The Morgan fingerprint density at radius 2 is 1.95 bits per heavy atom. The second-order valence-corrected chi connectivity index (χ2v) is 8.18. The topological polar surface area (TPSA) is 38.5 Å². The van der Waals surface area contributed by atoms with E-state index >= 15 is 0 Å². The van der Waals surface area contributed by atoms with Crippen LogP contribution in [0.3, 0.4) is 0 Å². The standard InChI is InChI=1S/C18H34N2O/c1-4-14-9-6-5-7-11-20(14)13-18(19)15-10-8-12-21-16(15)17(18,2)3/h14-16H,4-13,19H2,1-3H3. The molecular formula is C18H34N2O. The molecule has 3 nitrogen and oxygen atoms in total. The van der Waals surface area contributed by atoms with Crippen molar-refractivity contribution in [3.63, 3.8) is 0 Å². The summed E-state index contributed by atoms with van der Waals surface area (Å²) in [5.41, 5.74) is 7.07. The van der Waals surface area contributed by atoms with Crippen LogP contribution in [0.1, 0.15) is 65.7 Å². The molecule has 1 saturated carbocycles. The lowest BCUT2D eigenvalue weighted by atomic mass is 9.46. The summed E-state index contributed by atoms with van der Waals surface area (Å²) in [5.74, 6) is 0.571. The van der Waals surface area contributed by atoms with Gasteiger partial charge in [-0.05, 0) is 38.6 Å². The predicted octanol–water partition coefficient (Wildman–Crippen LogP) is 3.17. The first-order chi connectivity index (χ1) is 10.0. The van der Waals surface area contributed by atoms with Crippen LogP contribution in [0.25, 0.3) is 0 Å². The number of nitrogens with zero attached hydrogens (tertiary/aromatic N) is 1. The van der Waals surface area contributed by atoms with Crippen molar-refractivity contribution < 1.29 is 4.74 Å². The zero-order valence-corrected chi connectivity index (χ0v) is 14.2. The maximum atomic E-state index is 7.01. The fourth-order valence-electron chi connectivity index (χ4n) is 5.23. The Kier molecular flexibility index (Phi) is 4.37. The third kappa shape index (κ3) is 2.46. The van der Waals surface area contributed by atoms with E-state index in [1.54, 1.807) is 0 Å². The molecule has 2 aliphatic heterocycles. The Labute approximate surface area is 130 Å². The molecule has 1 aliphatic carbocycles. The van der Waals surface area contributed by atoms with E-state index in [0.717, 1.165) is 19.2 Å². The average molecular weight is 294 g/mol. The molecule has 122 valence electrons. The van der Waals surface area contributed by atoms with Gasteiger partial charge in [-0.3, -0.25) is 4.90 Å². The lowest BCUT2D eigenvalue weighted by molar-refractivity contribution is -0.233. The third-order valence-corrected chi connectivity index (χ3v) is 6.83. The van der Waals surface area contributed by atoms with Crippen LogP contribution in [0.15, 0.2) is 0 Å². The first-order valence-corrected chi connectivity index (χ1v) is 9.15. The molecular weight excluding hydrogens is 260 g/mol. The van der Waals surface area contributed by atoms with Gasteiger partial charge in [0.1, 0.15) is 0 Å². The summed E-state index contributed by atoms with van der Waals surface area (Å²) in [6, 6.07) is 0.743. The fraction of sp³-hybridized carbons (Fsp3) is 1.00. The second kappa shape index (κ2) is 5.82. The van der Waals surface area contributed by atoms with Gasteiger partial charge in [0.15, 0.2) is 0 Å². The van der Waals surface area contributed by atoms with Gasteiger partial charge in [-0.25, -0.2) is 0 Å². The van der Waals surface area contributed by atoms with Gasteiger partial charge in [0.2, 0.25) is 0 Å². The lowest BCUT2D eigenvalue weighted by Gasteiger charge is -2.67. The van der Waals surface area contributed by atoms with Crippen LogP contribution in [0.5, 0.6) is 0 Å². The molecule has 3 aliphatic rings. The van der Waals surface area contributed by atoms with E-state index in [2.05, 4.69) is 25.7 Å². The Bertz CT molecular complexity index is 370. The summed E-state index contributed by atoms with van der Waals surface area (Å²) < 4.78 is 6.06. The molecule has 3 fully saturated rings. The number of hydrogen-bond acceptors (Lipinski definition) is 3. The maximum Gasteiger partial charge on any atom is 0.0690 e. The third-order valence-electron chi connectivity index (χ3n) is 6.83. The molecule has 2 heterocycles. The molecule has 0 amide bonds. The monoisotopic (exact) mass is 294 g/mol. The van der Waals surface area contributed by atoms with Gasteiger partial charge in [-0.2, -0.15) is 0 Å². The largest absolute Gasteiger partial charge is 0.377 e. The molecule has 0 aromatic carbocycles. The molecule has 3 rings (SSSR count). The lowest BCUT2D eigenvalue weighted by Crippen LogP contribution is -2.80. The van der Waals surface area contributed by atoms with Crippen LogP contribution in [0.2, 0.25) is 0 Å². The van der Waals surface area contributed by atoms with Gasteiger partial charge in [0.05, 0.1) is 6.10 Å². The number of fused-ring (bicyclic) bond motifs is 1. The Balaban J connectivity index is 1.75. The second-order valence-electron chi connectivity index (χ2n) is 8.18. The normalized spacial score (nSPS) is 43.7. The molecule has 0 radical (unpaired) electrons. The van der Waals surface area contributed by atoms with Gasteiger partial charge < -0.3 is 10.5 Å². The minimum atomic E-state index is -0.0597. The first-order valence-electron chi connectivity index (χ1n) is 9.15. The average Bonchev–Trinajstić information content (AvgIpc) is 2.72. The van der Waals surface area contributed by atoms with Crippen LogP contribution in [0.4, 0.5) is 0 Å². The van der Waals surface area contributed by atoms with Crippen molar-refractivity contribution in [1.29, 1.82) is 0 Å². The van der Waals surface area contributed by atoms with Gasteiger partial charge in [0, 0.05) is 36.1 Å². The highest BCUT2D eigenvalue weighted by atomic mass is 16.5. The SMILES string of the molecule is CCC1CCCCCN1CC1(N)C2CCCOC2C1(C)C. The van der Waals surface area contributed by atoms with E-state index in [1.165, 1.54) is 51.5 Å². The molecule has 0 aromatic rings. The summed E-state index contributed by atoms with van der Waals surface area (Å²) in [6.07, 6.45) is 9.59. The van der Waals surface area contributed by atoms with E-state index in [4.69, 9.17) is 10.5 Å². The quantitative estimate of drug-likeness (QED) is 0.869. The van der Waals surface area contributed by atoms with Crippen molar-refractivity contribution in [2.75, 3.05) is 19.7 Å². The minimum absolute atomic E-state index is 0.0597. The summed E-state index contributed by atoms with van der Waals surface area (Å²) >= 11 is 0. The van der Waals surface area contributed by atoms with Gasteiger partial charge in [-0.15, -0.1) is 0 Å². The maximum absolute atomic E-state index is 7.01. The van der Waals surface area contributed by atoms with E-state index < -0.39 is 0 Å². The zero-order valence-electron chi connectivity index (χ0n) is 14.2. The van der Waals surface area contributed by atoms with Crippen molar-refractivity contribution in [2.24, 2.45) is 17.1 Å². The number of nitrogens with two attached hydrogens (primary N) is 1. The summed E-state index contributed by atoms with van der Waals surface area (Å²) in [7, 11) is 0. The van der Waals surface area contributed by atoms with Crippen molar-refractivity contribution in [1.82, 2.24) is 4.90 Å². The Morgan fingerprint density at radius 1 is 1.14 bits per heavy atom. The summed E-state index contributed by atoms with van der Waals surface area (Å²) in [5, 5.41) is 0. The smallest absolute Gasteiger partial charge is 0.0690 e. The van der Waals surface area contributed by atoms with Crippen molar-refractivity contribution in [3.8, 4) is 0 Å². The molecule has 0 aromatic heterocycles. The molecule has 2 N–H and O–H groups in total. The molecule has 0 bridgehead atoms. The van der Waals surface area contributed by atoms with Crippen molar-refractivity contribution >= 4 is 0 Å². The highest BCUT2D eigenvalue weighted by Crippen LogP contribution is 2.57. The van der Waals surface area contributed by atoms with Crippen molar-refractivity contribution in [2.45, 2.75) is 83.4 Å². The fourth-order valence-corrected chi connectivity index (χ4v) is 5.23. The van der Waals surface area contributed by atoms with Gasteiger partial charge >= 0.3 is 0 Å². The van der Waals surface area contributed by atoms with Crippen LogP contribution in [-0.2, 0) is 4.74 Å². The Hall–Kier alpha value is -0.120. The first kappa shape index (κ1) is 15.8. The predicted molar refractivity (Wildman–Crippen MR) is 87.3 cm³/mol. The number of hydrogen-bond donors (Lipinski definition) is 1. The Morgan fingerprint density at radius 3 is 2.71 bits per heavy atom. The van der Waals surface area contributed by atoms with Crippen LogP contribution in [-0.4, -0.2) is 42.3 Å². The van der Waals surface area contributed by atoms with Crippen LogP contribution < -0.4 is 5.73 Å². The molecule has 2 saturated heterocycles. The van der Waals surface area contributed by atoms with Crippen LogP contribution >= 0.6 is 0 Å². The van der Waals surface area contributed by atoms with E-state index in [9.17, 15) is 0 Å². The molecule has 21 heavy (non-hydrogen) atoms. The zero-order chi connectivity index (χ0) is 15.1. The van der Waals surface area contributed by atoms with Gasteiger partial charge in [-0.1, -0.05) is 33.6 Å². The van der Waals surface area contributed by atoms with E-state index in [0.29, 0.717) is 12.0 Å². The summed E-state index contributed by atoms with van der Waals surface area (Å²) in [4.78, 5) is 2.72. The number of ether oxygens (including phenoxy) is 1. The number of rotatable bonds is 3. The molecule has 4 atom stereocenters. The van der Waals surface area contributed by atoms with E-state index in [1.807, 2.05) is 0 Å². The van der Waals surface area contributed by atoms with Crippen LogP contribution in [0, 0.1) is 11.3 Å². The summed E-state index contributed by atoms with van der Waals surface area (Å²) in [6.45, 7) is 10.2. The van der Waals surface area contributed by atoms with Crippen molar-refractivity contribution in [3.05, 3.63) is 0 Å². The minimum Gasteiger partial charge on any atom is -0.377 e.